The normalized spacial score (nSPS) is 15.6. The minimum Gasteiger partial charge on any atom is -0.338 e. The van der Waals surface area contributed by atoms with E-state index in [0.717, 1.165) is 12.1 Å². The SMILES string of the molecule is O=S(=O)(NCc1nc(Cc2ccc(C(F)(F)F)cc2)no1)C1CC1. The van der Waals surface area contributed by atoms with Crippen LogP contribution in [-0.4, -0.2) is 23.8 Å². The second-order valence-corrected chi connectivity index (χ2v) is 7.59. The Morgan fingerprint density at radius 3 is 2.46 bits per heavy atom. The van der Waals surface area contributed by atoms with Gasteiger partial charge in [0.2, 0.25) is 15.9 Å². The highest BCUT2D eigenvalue weighted by Crippen LogP contribution is 2.29. The van der Waals surface area contributed by atoms with Crippen molar-refractivity contribution in [3.05, 3.63) is 47.1 Å². The van der Waals surface area contributed by atoms with Crippen LogP contribution < -0.4 is 4.72 Å². The molecule has 24 heavy (non-hydrogen) atoms. The molecule has 1 aliphatic carbocycles. The first-order chi connectivity index (χ1) is 11.2. The van der Waals surface area contributed by atoms with Gasteiger partial charge >= 0.3 is 6.18 Å². The molecule has 0 saturated heterocycles. The quantitative estimate of drug-likeness (QED) is 0.853. The van der Waals surface area contributed by atoms with Crippen molar-refractivity contribution in [3.63, 3.8) is 0 Å². The van der Waals surface area contributed by atoms with E-state index in [2.05, 4.69) is 14.9 Å². The van der Waals surface area contributed by atoms with E-state index >= 15 is 0 Å². The average Bonchev–Trinajstić information content (AvgIpc) is 3.28. The summed E-state index contributed by atoms with van der Waals surface area (Å²) in [6.07, 6.45) is -2.88. The molecular formula is C14H14F3N3O3S. The molecule has 1 heterocycles. The number of benzene rings is 1. The lowest BCUT2D eigenvalue weighted by atomic mass is 10.1. The minimum atomic E-state index is -4.38. The van der Waals surface area contributed by atoms with E-state index in [0.29, 0.717) is 18.4 Å². The molecule has 0 radical (unpaired) electrons. The fraction of sp³-hybridized carbons (Fsp3) is 0.429. The third-order valence-electron chi connectivity index (χ3n) is 3.54. The summed E-state index contributed by atoms with van der Waals surface area (Å²) < 4.78 is 68.2. The van der Waals surface area contributed by atoms with Crippen LogP contribution in [0.4, 0.5) is 13.2 Å². The lowest BCUT2D eigenvalue weighted by molar-refractivity contribution is -0.137. The van der Waals surface area contributed by atoms with Crippen LogP contribution in [0.5, 0.6) is 0 Å². The molecule has 2 aromatic rings. The summed E-state index contributed by atoms with van der Waals surface area (Å²) in [5.41, 5.74) is -0.136. The fourth-order valence-corrected chi connectivity index (χ4v) is 3.40. The van der Waals surface area contributed by atoms with Crippen molar-refractivity contribution in [2.45, 2.75) is 37.2 Å². The van der Waals surface area contributed by atoms with E-state index in [1.807, 2.05) is 0 Å². The Balaban J connectivity index is 1.59. The van der Waals surface area contributed by atoms with Gasteiger partial charge in [0.05, 0.1) is 17.4 Å². The van der Waals surface area contributed by atoms with Crippen molar-refractivity contribution >= 4 is 10.0 Å². The van der Waals surface area contributed by atoms with Gasteiger partial charge < -0.3 is 4.52 Å². The third-order valence-corrected chi connectivity index (χ3v) is 5.44. The summed E-state index contributed by atoms with van der Waals surface area (Å²) in [5, 5.41) is 3.36. The minimum absolute atomic E-state index is 0.0984. The highest BCUT2D eigenvalue weighted by Gasteiger charge is 2.35. The Morgan fingerprint density at radius 2 is 1.88 bits per heavy atom. The van der Waals surface area contributed by atoms with E-state index in [-0.39, 0.29) is 29.9 Å². The number of rotatable bonds is 6. The van der Waals surface area contributed by atoms with Gasteiger partial charge in [-0.2, -0.15) is 18.2 Å². The maximum absolute atomic E-state index is 12.5. The highest BCUT2D eigenvalue weighted by atomic mass is 32.2. The highest BCUT2D eigenvalue weighted by molar-refractivity contribution is 7.90. The summed E-state index contributed by atoms with van der Waals surface area (Å²) in [6, 6.07) is 4.66. The Bertz CT molecular complexity index is 812. The molecule has 0 bridgehead atoms. The van der Waals surface area contributed by atoms with Crippen molar-refractivity contribution in [1.29, 1.82) is 0 Å². The first-order valence-corrected chi connectivity index (χ1v) is 8.75. The van der Waals surface area contributed by atoms with Gasteiger partial charge in [0.1, 0.15) is 0 Å². The zero-order chi connectivity index (χ0) is 17.4. The molecule has 1 fully saturated rings. The lowest BCUT2D eigenvalue weighted by Crippen LogP contribution is -2.26. The standard InChI is InChI=1S/C14H14F3N3O3S/c15-14(16,17)10-3-1-9(2-4-10)7-12-19-13(23-20-12)8-18-24(21,22)11-5-6-11/h1-4,11,18H,5-8H2. The van der Waals surface area contributed by atoms with Crippen LogP contribution in [0, 0.1) is 0 Å². The van der Waals surface area contributed by atoms with Crippen LogP contribution in [0.25, 0.3) is 0 Å². The largest absolute Gasteiger partial charge is 0.416 e. The van der Waals surface area contributed by atoms with Gasteiger partial charge in [0, 0.05) is 6.42 Å². The molecule has 0 amide bonds. The maximum atomic E-state index is 12.5. The summed E-state index contributed by atoms with van der Waals surface area (Å²) in [7, 11) is -3.34. The van der Waals surface area contributed by atoms with E-state index in [4.69, 9.17) is 4.52 Å². The average molecular weight is 361 g/mol. The van der Waals surface area contributed by atoms with E-state index in [1.165, 1.54) is 12.1 Å². The molecule has 130 valence electrons. The number of hydrogen-bond acceptors (Lipinski definition) is 5. The summed E-state index contributed by atoms with van der Waals surface area (Å²) >= 11 is 0. The van der Waals surface area contributed by atoms with Crippen LogP contribution >= 0.6 is 0 Å². The van der Waals surface area contributed by atoms with Crippen LogP contribution in [0.1, 0.15) is 35.7 Å². The summed E-state index contributed by atoms with van der Waals surface area (Å²) in [4.78, 5) is 4.03. The summed E-state index contributed by atoms with van der Waals surface area (Å²) in [6.45, 7) is -0.0984. The molecule has 10 heteroatoms. The van der Waals surface area contributed by atoms with Gasteiger partial charge in [-0.25, -0.2) is 13.1 Å². The molecule has 1 aromatic heterocycles. The molecule has 0 spiro atoms. The first-order valence-electron chi connectivity index (χ1n) is 7.20. The van der Waals surface area contributed by atoms with Gasteiger partial charge in [0.25, 0.3) is 0 Å². The predicted molar refractivity (Wildman–Crippen MR) is 77.3 cm³/mol. The first kappa shape index (κ1) is 16.9. The van der Waals surface area contributed by atoms with Crippen LogP contribution in [0.2, 0.25) is 0 Å². The second-order valence-electron chi connectivity index (χ2n) is 5.54. The molecule has 1 aliphatic rings. The second kappa shape index (κ2) is 6.17. The van der Waals surface area contributed by atoms with E-state index in [1.54, 1.807) is 0 Å². The zero-order valence-corrected chi connectivity index (χ0v) is 13.2. The Kier molecular flexibility index (Phi) is 4.35. The van der Waals surface area contributed by atoms with Gasteiger partial charge in [0.15, 0.2) is 5.82 Å². The van der Waals surface area contributed by atoms with E-state index < -0.39 is 21.8 Å². The van der Waals surface area contributed by atoms with Gasteiger partial charge in [-0.15, -0.1) is 0 Å². The van der Waals surface area contributed by atoms with Crippen LogP contribution in [0.3, 0.4) is 0 Å². The Hall–Kier alpha value is -1.94. The predicted octanol–water partition coefficient (Wildman–Crippen LogP) is 2.26. The number of alkyl halides is 3. The Morgan fingerprint density at radius 1 is 1.21 bits per heavy atom. The lowest BCUT2D eigenvalue weighted by Gasteiger charge is -2.06. The number of aromatic nitrogens is 2. The Labute approximate surface area is 136 Å². The topological polar surface area (TPSA) is 85.1 Å². The van der Waals surface area contributed by atoms with Gasteiger partial charge in [-0.1, -0.05) is 17.3 Å². The molecule has 0 aliphatic heterocycles. The molecule has 1 saturated carbocycles. The van der Waals surface area contributed by atoms with E-state index in [9.17, 15) is 21.6 Å². The van der Waals surface area contributed by atoms with Crippen LogP contribution in [-0.2, 0) is 29.2 Å². The molecular weight excluding hydrogens is 347 g/mol. The van der Waals surface area contributed by atoms with Crippen molar-refractivity contribution in [1.82, 2.24) is 14.9 Å². The summed E-state index contributed by atoms with van der Waals surface area (Å²) in [5.74, 6) is 0.386. The monoisotopic (exact) mass is 361 g/mol. The molecule has 0 atom stereocenters. The molecule has 0 unspecified atom stereocenters. The van der Waals surface area contributed by atoms with Crippen molar-refractivity contribution < 1.29 is 26.1 Å². The number of sulfonamides is 1. The van der Waals surface area contributed by atoms with Crippen LogP contribution in [0.15, 0.2) is 28.8 Å². The zero-order valence-electron chi connectivity index (χ0n) is 12.4. The molecule has 1 aromatic carbocycles. The third kappa shape index (κ3) is 4.12. The molecule has 1 N–H and O–H groups in total. The van der Waals surface area contributed by atoms with Gasteiger partial charge in [-0.05, 0) is 30.5 Å². The smallest absolute Gasteiger partial charge is 0.338 e. The number of nitrogens with zero attached hydrogens (tertiary/aromatic N) is 2. The van der Waals surface area contributed by atoms with Crippen molar-refractivity contribution in [2.75, 3.05) is 0 Å². The number of hydrogen-bond donors (Lipinski definition) is 1. The fourth-order valence-electron chi connectivity index (χ4n) is 2.09. The van der Waals surface area contributed by atoms with Crippen molar-refractivity contribution in [3.8, 4) is 0 Å². The van der Waals surface area contributed by atoms with Gasteiger partial charge in [-0.3, -0.25) is 0 Å². The molecule has 6 nitrogen and oxygen atoms in total. The maximum Gasteiger partial charge on any atom is 0.416 e. The molecule has 3 rings (SSSR count). The number of halogens is 3. The number of nitrogens with one attached hydrogen (secondary N) is 1. The van der Waals surface area contributed by atoms with Crippen molar-refractivity contribution in [2.24, 2.45) is 0 Å².